The smallest absolute Gasteiger partial charge is 0.225 e. The molecule has 1 amide bonds. The fourth-order valence-electron chi connectivity index (χ4n) is 2.24. The second kappa shape index (κ2) is 3.63. The largest absolute Gasteiger partial charge is 0.369 e. The number of allylic oxidation sites excluding steroid dienone is 3. The lowest BCUT2D eigenvalue weighted by atomic mass is 9.66. The average molecular weight is 217 g/mol. The quantitative estimate of drug-likeness (QED) is 0.783. The van der Waals surface area contributed by atoms with E-state index >= 15 is 0 Å². The van der Waals surface area contributed by atoms with E-state index in [2.05, 4.69) is 10.2 Å². The molecule has 4 heteroatoms. The maximum atomic E-state index is 11.5. The molecule has 1 heterocycles. The lowest BCUT2D eigenvalue weighted by molar-refractivity contribution is -0.121. The summed E-state index contributed by atoms with van der Waals surface area (Å²) >= 11 is 0. The number of nitrogens with two attached hydrogens (primary N) is 1. The minimum Gasteiger partial charge on any atom is -0.369 e. The molecule has 3 N–H and O–H groups in total. The first-order valence-corrected chi connectivity index (χ1v) is 5.21. The molecule has 84 valence electrons. The van der Waals surface area contributed by atoms with Crippen LogP contribution >= 0.6 is 0 Å². The highest BCUT2D eigenvalue weighted by molar-refractivity contribution is 5.82. The second-order valence-electron chi connectivity index (χ2n) is 4.30. The summed E-state index contributed by atoms with van der Waals surface area (Å²) in [5.74, 6) is -0.637. The highest BCUT2D eigenvalue weighted by Gasteiger charge is 2.41. The van der Waals surface area contributed by atoms with Crippen molar-refractivity contribution in [3.05, 3.63) is 41.8 Å². The second-order valence-corrected chi connectivity index (χ2v) is 4.30. The number of rotatable bonds is 2. The van der Waals surface area contributed by atoms with Gasteiger partial charge in [0.25, 0.3) is 0 Å². The molecule has 0 bridgehead atoms. The van der Waals surface area contributed by atoms with Gasteiger partial charge in [0.05, 0.1) is 12.1 Å². The molecule has 0 saturated carbocycles. The van der Waals surface area contributed by atoms with Gasteiger partial charge in [0.2, 0.25) is 5.91 Å². The molecular weight excluding hydrogens is 202 g/mol. The van der Waals surface area contributed by atoms with Crippen LogP contribution in [0.1, 0.15) is 19.4 Å². The molecule has 0 aliphatic heterocycles. The van der Waals surface area contributed by atoms with Crippen molar-refractivity contribution >= 4 is 5.91 Å². The summed E-state index contributed by atoms with van der Waals surface area (Å²) in [4.78, 5) is 11.5. The van der Waals surface area contributed by atoms with Crippen LogP contribution < -0.4 is 5.73 Å². The Labute approximate surface area is 94.2 Å². The Morgan fingerprint density at radius 3 is 2.94 bits per heavy atom. The number of nitrogens with one attached hydrogen (secondary N) is 1. The van der Waals surface area contributed by atoms with Crippen LogP contribution in [0.5, 0.6) is 0 Å². The third kappa shape index (κ3) is 1.38. The van der Waals surface area contributed by atoms with E-state index in [1.807, 2.05) is 38.3 Å². The zero-order chi connectivity index (χ0) is 11.8. The van der Waals surface area contributed by atoms with Crippen molar-refractivity contribution in [1.82, 2.24) is 10.2 Å². The number of nitrogens with zero attached hydrogens (tertiary/aromatic N) is 1. The van der Waals surface area contributed by atoms with Crippen molar-refractivity contribution in [1.29, 1.82) is 0 Å². The van der Waals surface area contributed by atoms with E-state index in [1.54, 1.807) is 6.20 Å². The monoisotopic (exact) mass is 217 g/mol. The Kier molecular flexibility index (Phi) is 2.42. The molecule has 1 aliphatic carbocycles. The number of aromatic nitrogens is 2. The third-order valence-corrected chi connectivity index (χ3v) is 3.50. The van der Waals surface area contributed by atoms with Gasteiger partial charge in [-0.25, -0.2) is 0 Å². The van der Waals surface area contributed by atoms with Crippen LogP contribution in [0, 0.1) is 5.92 Å². The minimum atomic E-state index is -0.395. The topological polar surface area (TPSA) is 71.8 Å². The minimum absolute atomic E-state index is 0.313. The summed E-state index contributed by atoms with van der Waals surface area (Å²) in [5, 5.41) is 6.72. The Morgan fingerprint density at radius 1 is 1.62 bits per heavy atom. The van der Waals surface area contributed by atoms with Crippen molar-refractivity contribution in [2.24, 2.45) is 11.7 Å². The van der Waals surface area contributed by atoms with E-state index in [9.17, 15) is 4.79 Å². The highest BCUT2D eigenvalue weighted by Crippen LogP contribution is 2.41. The first-order valence-electron chi connectivity index (χ1n) is 5.21. The number of H-pyrrole nitrogens is 1. The van der Waals surface area contributed by atoms with E-state index < -0.39 is 5.41 Å². The summed E-state index contributed by atoms with van der Waals surface area (Å²) in [6.07, 6.45) is 9.29. The van der Waals surface area contributed by atoms with Gasteiger partial charge in [-0.1, -0.05) is 30.7 Å². The SMILES string of the molecule is CC1=CC=CC(C(N)=O)C1(C)c1cn[nH]c1. The molecule has 2 atom stereocenters. The lowest BCUT2D eigenvalue weighted by Gasteiger charge is -2.36. The normalized spacial score (nSPS) is 28.9. The van der Waals surface area contributed by atoms with Gasteiger partial charge in [0.1, 0.15) is 0 Å². The summed E-state index contributed by atoms with van der Waals surface area (Å²) in [7, 11) is 0. The molecule has 0 aromatic carbocycles. The van der Waals surface area contributed by atoms with Crippen LogP contribution in [0.25, 0.3) is 0 Å². The molecule has 0 saturated heterocycles. The molecule has 2 rings (SSSR count). The predicted octanol–water partition coefficient (Wildman–Crippen LogP) is 1.29. The zero-order valence-electron chi connectivity index (χ0n) is 9.40. The number of hydrogen-bond acceptors (Lipinski definition) is 2. The molecule has 0 fully saturated rings. The Hall–Kier alpha value is -1.84. The molecule has 0 radical (unpaired) electrons. The van der Waals surface area contributed by atoms with E-state index in [0.717, 1.165) is 11.1 Å². The molecule has 16 heavy (non-hydrogen) atoms. The standard InChI is InChI=1S/C12H15N3O/c1-8-4-3-5-10(11(13)16)12(8,2)9-6-14-15-7-9/h3-7,10H,1-2H3,(H2,13,16)(H,14,15). The van der Waals surface area contributed by atoms with Crippen LogP contribution in [0.3, 0.4) is 0 Å². The van der Waals surface area contributed by atoms with E-state index in [0.29, 0.717) is 0 Å². The first-order chi connectivity index (χ1) is 7.56. The van der Waals surface area contributed by atoms with Crippen LogP contribution in [0.15, 0.2) is 36.2 Å². The fraction of sp³-hybridized carbons (Fsp3) is 0.333. The van der Waals surface area contributed by atoms with Gasteiger partial charge in [-0.05, 0) is 6.92 Å². The van der Waals surface area contributed by atoms with Gasteiger partial charge < -0.3 is 5.73 Å². The number of aromatic amines is 1. The number of primary amides is 1. The Bertz CT molecular complexity index is 459. The molecule has 1 aromatic rings. The van der Waals surface area contributed by atoms with Crippen LogP contribution in [-0.4, -0.2) is 16.1 Å². The van der Waals surface area contributed by atoms with Gasteiger partial charge in [-0.2, -0.15) is 5.10 Å². The molecule has 4 nitrogen and oxygen atoms in total. The number of hydrogen-bond donors (Lipinski definition) is 2. The van der Waals surface area contributed by atoms with Gasteiger partial charge in [-0.3, -0.25) is 9.89 Å². The van der Waals surface area contributed by atoms with Gasteiger partial charge in [0.15, 0.2) is 0 Å². The van der Waals surface area contributed by atoms with Gasteiger partial charge >= 0.3 is 0 Å². The first kappa shape index (κ1) is 10.7. The van der Waals surface area contributed by atoms with Crippen LogP contribution in [0.2, 0.25) is 0 Å². The number of carbonyl (C=O) groups excluding carboxylic acids is 1. The molecule has 1 aliphatic rings. The van der Waals surface area contributed by atoms with Crippen molar-refractivity contribution in [3.8, 4) is 0 Å². The average Bonchev–Trinajstić information content (AvgIpc) is 2.75. The van der Waals surface area contributed by atoms with Crippen molar-refractivity contribution in [2.75, 3.05) is 0 Å². The summed E-state index contributed by atoms with van der Waals surface area (Å²) < 4.78 is 0. The summed E-state index contributed by atoms with van der Waals surface area (Å²) in [6, 6.07) is 0. The Morgan fingerprint density at radius 2 is 2.38 bits per heavy atom. The van der Waals surface area contributed by atoms with Gasteiger partial charge in [0, 0.05) is 17.2 Å². The van der Waals surface area contributed by atoms with Crippen molar-refractivity contribution in [3.63, 3.8) is 0 Å². The van der Waals surface area contributed by atoms with E-state index in [1.165, 1.54) is 0 Å². The molecule has 2 unspecified atom stereocenters. The van der Waals surface area contributed by atoms with Crippen molar-refractivity contribution < 1.29 is 4.79 Å². The fourth-order valence-corrected chi connectivity index (χ4v) is 2.24. The van der Waals surface area contributed by atoms with Crippen molar-refractivity contribution in [2.45, 2.75) is 19.3 Å². The predicted molar refractivity (Wildman–Crippen MR) is 61.5 cm³/mol. The van der Waals surface area contributed by atoms with Crippen LogP contribution in [-0.2, 0) is 10.2 Å². The zero-order valence-corrected chi connectivity index (χ0v) is 9.40. The third-order valence-electron chi connectivity index (χ3n) is 3.50. The summed E-state index contributed by atoms with van der Waals surface area (Å²) in [6.45, 7) is 4.02. The molecule has 0 spiro atoms. The maximum absolute atomic E-state index is 11.5. The van der Waals surface area contributed by atoms with Gasteiger partial charge in [-0.15, -0.1) is 0 Å². The van der Waals surface area contributed by atoms with Crippen LogP contribution in [0.4, 0.5) is 0 Å². The highest BCUT2D eigenvalue weighted by atomic mass is 16.1. The Balaban J connectivity index is 2.54. The number of carbonyl (C=O) groups is 1. The number of amides is 1. The maximum Gasteiger partial charge on any atom is 0.225 e. The van der Waals surface area contributed by atoms with E-state index in [-0.39, 0.29) is 11.8 Å². The lowest BCUT2D eigenvalue weighted by Crippen LogP contribution is -2.41. The van der Waals surface area contributed by atoms with E-state index in [4.69, 9.17) is 5.73 Å². The molecular formula is C12H15N3O. The molecule has 1 aromatic heterocycles. The summed E-state index contributed by atoms with van der Waals surface area (Å²) in [5.41, 5.74) is 7.16.